The Morgan fingerprint density at radius 2 is 0.625 bits per heavy atom. The Hall–Kier alpha value is -4.04. The number of benzene rings is 2. The maximum Gasteiger partial charge on any atom is 0.231 e. The molecule has 0 bridgehead atoms. The molecule has 0 aliphatic heterocycles. The number of aryl methyl sites for hydroxylation is 2. The second kappa shape index (κ2) is 23.2. The summed E-state index contributed by atoms with van der Waals surface area (Å²) in [4.78, 5) is 33.4. The van der Waals surface area contributed by atoms with E-state index in [1.165, 1.54) is 44.5 Å². The summed E-state index contributed by atoms with van der Waals surface area (Å²) in [7, 11) is 0. The van der Waals surface area contributed by atoms with Gasteiger partial charge in [-0.15, -0.1) is 0 Å². The van der Waals surface area contributed by atoms with Crippen LogP contribution in [0, 0.1) is 77.0 Å². The normalized spacial score (nSPS) is 7.25. The van der Waals surface area contributed by atoms with E-state index in [-0.39, 0.29) is 0 Å². The molecule has 0 amide bonds. The predicted molar refractivity (Wildman–Crippen MR) is 124 cm³/mol. The number of hydrogen-bond donors (Lipinski definition) is 4. The van der Waals surface area contributed by atoms with Crippen LogP contribution in [0.4, 0.5) is 0 Å². The maximum absolute atomic E-state index is 8.35. The van der Waals surface area contributed by atoms with E-state index >= 15 is 0 Å². The van der Waals surface area contributed by atoms with Crippen LogP contribution in [-0.4, -0.2) is 24.3 Å². The van der Waals surface area contributed by atoms with Crippen molar-refractivity contribution >= 4 is 24.3 Å². The number of nitrogens with one attached hydrogen (secondary N) is 4. The van der Waals surface area contributed by atoms with Crippen LogP contribution in [0.5, 0.6) is 0 Å². The maximum atomic E-state index is 8.35. The average molecular weight is 441 g/mol. The largest absolute Gasteiger partial charge is 0.231 e. The smallest absolute Gasteiger partial charge is 0.222 e. The molecule has 0 saturated carbocycles. The average Bonchev–Trinajstić information content (AvgIpc) is 2.72. The van der Waals surface area contributed by atoms with Gasteiger partial charge in [0.05, 0.1) is 0 Å². The number of carbonyl (C=O) groups excluding carboxylic acids is 4. The molecule has 8 nitrogen and oxygen atoms in total. The lowest BCUT2D eigenvalue weighted by Crippen LogP contribution is -1.98. The summed E-state index contributed by atoms with van der Waals surface area (Å²) in [5.74, 6) is 0. The fraction of sp³-hybridized carbons (Fsp3) is 0.333. The van der Waals surface area contributed by atoms with Gasteiger partial charge >= 0.3 is 0 Å². The van der Waals surface area contributed by atoms with E-state index in [0.717, 1.165) is 24.3 Å². The Labute approximate surface area is 189 Å². The molecule has 2 aromatic carbocycles. The third kappa shape index (κ3) is 18.0. The van der Waals surface area contributed by atoms with Gasteiger partial charge in [-0.25, -0.2) is 40.8 Å². The molecule has 0 radical (unpaired) electrons. The van der Waals surface area contributed by atoms with E-state index in [9.17, 15) is 0 Å². The van der Waals surface area contributed by atoms with Crippen molar-refractivity contribution in [2.45, 2.75) is 55.4 Å². The molecule has 0 aromatic heterocycles. The molecule has 0 aliphatic carbocycles. The molecule has 0 saturated heterocycles. The summed E-state index contributed by atoms with van der Waals surface area (Å²) < 4.78 is 0. The van der Waals surface area contributed by atoms with Crippen LogP contribution < -0.4 is 0 Å². The van der Waals surface area contributed by atoms with Crippen LogP contribution in [-0.2, 0) is 19.2 Å². The van der Waals surface area contributed by atoms with Crippen LogP contribution in [0.15, 0.2) is 24.3 Å². The van der Waals surface area contributed by atoms with Gasteiger partial charge in [0, 0.05) is 0 Å². The summed E-state index contributed by atoms with van der Waals surface area (Å²) >= 11 is 0. The first-order chi connectivity index (χ1) is 14.9. The van der Waals surface area contributed by atoms with Crippen LogP contribution in [0.3, 0.4) is 0 Å². The standard InChI is InChI=1S/C12H18.C8H10.4CHNO/c1-7-8(2)10(4)12(6)11(5)9(7)3;1-7-4-3-5-8(2)6-7;4*2-1-3/h1-6H3;3-6H,1-2H3;4*2H. The molecule has 2 aromatic rings. The quantitative estimate of drug-likeness (QED) is 0.316. The number of isocyanates is 4. The number of hydrogen-bond acceptors (Lipinski definition) is 8. The SMILES string of the molecule is Cc1c(C)c(C)c(C)c(C)c1C.Cc1cccc(C)c1.N=C=O.N=C=O.N=C=O.N=C=O. The fourth-order valence-electron chi connectivity index (χ4n) is 2.49. The summed E-state index contributed by atoms with van der Waals surface area (Å²) in [6, 6.07) is 8.45. The Balaban J connectivity index is -0.000000169. The first kappa shape index (κ1) is 35.4. The first-order valence-corrected chi connectivity index (χ1v) is 9.14. The highest BCUT2D eigenvalue weighted by molar-refractivity contribution is 5.48. The Morgan fingerprint density at radius 1 is 0.469 bits per heavy atom. The second-order valence-corrected chi connectivity index (χ2v) is 6.32. The van der Waals surface area contributed by atoms with Crippen molar-refractivity contribution in [1.29, 1.82) is 21.6 Å². The summed E-state index contributed by atoms with van der Waals surface area (Å²) in [5.41, 5.74) is 11.4. The van der Waals surface area contributed by atoms with Crippen molar-refractivity contribution in [3.8, 4) is 0 Å². The first-order valence-electron chi connectivity index (χ1n) is 9.14. The topological polar surface area (TPSA) is 164 Å². The number of rotatable bonds is 0. The summed E-state index contributed by atoms with van der Waals surface area (Å²) in [5, 5.41) is 21.6. The monoisotopic (exact) mass is 440 g/mol. The summed E-state index contributed by atoms with van der Waals surface area (Å²) in [6.07, 6.45) is 3.00. The van der Waals surface area contributed by atoms with E-state index in [0.29, 0.717) is 0 Å². The minimum absolute atomic E-state index is 0.750. The molecule has 4 N–H and O–H groups in total. The van der Waals surface area contributed by atoms with Gasteiger partial charge in [0.1, 0.15) is 0 Å². The minimum atomic E-state index is 0.750. The molecule has 172 valence electrons. The van der Waals surface area contributed by atoms with Gasteiger partial charge in [-0.1, -0.05) is 35.4 Å². The van der Waals surface area contributed by atoms with Gasteiger partial charge in [0.15, 0.2) is 0 Å². The highest BCUT2D eigenvalue weighted by Gasteiger charge is 2.07. The lowest BCUT2D eigenvalue weighted by Gasteiger charge is -2.15. The van der Waals surface area contributed by atoms with Crippen LogP contribution in [0.25, 0.3) is 0 Å². The Morgan fingerprint density at radius 3 is 0.719 bits per heavy atom. The van der Waals surface area contributed by atoms with E-state index in [1.54, 1.807) is 0 Å². The molecule has 32 heavy (non-hydrogen) atoms. The third-order valence-electron chi connectivity index (χ3n) is 4.55. The lowest BCUT2D eigenvalue weighted by atomic mass is 9.90. The van der Waals surface area contributed by atoms with Crippen LogP contribution in [0.2, 0.25) is 0 Å². The Kier molecular flexibility index (Phi) is 25.7. The molecule has 0 atom stereocenters. The molecule has 0 aliphatic rings. The van der Waals surface area contributed by atoms with Gasteiger partial charge in [-0.3, -0.25) is 0 Å². The van der Waals surface area contributed by atoms with Crippen molar-refractivity contribution < 1.29 is 19.2 Å². The highest BCUT2D eigenvalue weighted by atomic mass is 16.1. The predicted octanol–water partition coefficient (Wildman–Crippen LogP) is 5.44. The van der Waals surface area contributed by atoms with Crippen LogP contribution >= 0.6 is 0 Å². The molecule has 0 spiro atoms. The fourth-order valence-corrected chi connectivity index (χ4v) is 2.49. The molecular weight excluding hydrogens is 408 g/mol. The molecule has 8 heteroatoms. The molecule has 0 fully saturated rings. The van der Waals surface area contributed by atoms with Crippen LogP contribution in [0.1, 0.15) is 44.5 Å². The van der Waals surface area contributed by atoms with E-state index in [2.05, 4.69) is 79.7 Å². The zero-order valence-corrected chi connectivity index (χ0v) is 19.9. The Bertz CT molecular complexity index is 788. The second-order valence-electron chi connectivity index (χ2n) is 6.32. The zero-order valence-electron chi connectivity index (χ0n) is 19.9. The van der Waals surface area contributed by atoms with Gasteiger partial charge in [-0.05, 0) is 88.8 Å². The van der Waals surface area contributed by atoms with E-state index in [1.807, 2.05) is 0 Å². The lowest BCUT2D eigenvalue weighted by molar-refractivity contribution is 0.562. The van der Waals surface area contributed by atoms with Gasteiger partial charge in [-0.2, -0.15) is 0 Å². The van der Waals surface area contributed by atoms with E-state index < -0.39 is 0 Å². The summed E-state index contributed by atoms with van der Waals surface area (Å²) in [6.45, 7) is 17.5. The van der Waals surface area contributed by atoms with Gasteiger partial charge < -0.3 is 0 Å². The zero-order chi connectivity index (χ0) is 26.3. The van der Waals surface area contributed by atoms with Crippen molar-refractivity contribution in [2.75, 3.05) is 0 Å². The highest BCUT2D eigenvalue weighted by Crippen LogP contribution is 2.24. The van der Waals surface area contributed by atoms with Crippen molar-refractivity contribution in [3.05, 3.63) is 68.8 Å². The van der Waals surface area contributed by atoms with Gasteiger partial charge in [0.25, 0.3) is 0 Å². The van der Waals surface area contributed by atoms with Crippen molar-refractivity contribution in [3.63, 3.8) is 0 Å². The third-order valence-corrected chi connectivity index (χ3v) is 4.55. The molecule has 0 unspecified atom stereocenters. The molecule has 2 rings (SSSR count). The molecular formula is C24H32N4O4. The van der Waals surface area contributed by atoms with Crippen molar-refractivity contribution in [1.82, 2.24) is 0 Å². The molecule has 0 heterocycles. The van der Waals surface area contributed by atoms with Crippen molar-refractivity contribution in [2.24, 2.45) is 0 Å². The van der Waals surface area contributed by atoms with Gasteiger partial charge in [0.2, 0.25) is 24.3 Å². The minimum Gasteiger partial charge on any atom is -0.222 e. The van der Waals surface area contributed by atoms with E-state index in [4.69, 9.17) is 40.8 Å².